The largest absolute Gasteiger partial charge is 0.382 e. The Balaban J connectivity index is 2.41. The van der Waals surface area contributed by atoms with E-state index in [0.29, 0.717) is 38.2 Å². The highest BCUT2D eigenvalue weighted by molar-refractivity contribution is 5.19. The first kappa shape index (κ1) is 16.0. The van der Waals surface area contributed by atoms with Gasteiger partial charge in [0.2, 0.25) is 0 Å². The number of halogens is 2. The van der Waals surface area contributed by atoms with Crippen molar-refractivity contribution in [3.63, 3.8) is 0 Å². The van der Waals surface area contributed by atoms with Gasteiger partial charge in [-0.3, -0.25) is 11.3 Å². The first-order valence-corrected chi connectivity index (χ1v) is 6.14. The van der Waals surface area contributed by atoms with E-state index in [4.69, 9.17) is 15.3 Å². The van der Waals surface area contributed by atoms with Crippen LogP contribution in [0.3, 0.4) is 0 Å². The van der Waals surface area contributed by atoms with E-state index in [1.165, 1.54) is 6.07 Å². The molecule has 1 atom stereocenters. The molecule has 1 aromatic carbocycles. The Hall–Kier alpha value is -1.08. The van der Waals surface area contributed by atoms with E-state index in [0.717, 1.165) is 12.1 Å². The molecule has 108 valence electrons. The molecule has 0 aliphatic rings. The molecule has 0 saturated carbocycles. The molecule has 0 aliphatic carbocycles. The van der Waals surface area contributed by atoms with Crippen molar-refractivity contribution in [3.8, 4) is 0 Å². The molecule has 1 unspecified atom stereocenters. The van der Waals surface area contributed by atoms with Gasteiger partial charge in [0.05, 0.1) is 13.2 Å². The molecular formula is C13H20F2N2O2. The molecular weight excluding hydrogens is 254 g/mol. The lowest BCUT2D eigenvalue weighted by Gasteiger charge is -2.16. The Morgan fingerprint density at radius 2 is 2.05 bits per heavy atom. The van der Waals surface area contributed by atoms with Crippen molar-refractivity contribution in [1.29, 1.82) is 0 Å². The fourth-order valence-electron chi connectivity index (χ4n) is 1.68. The van der Waals surface area contributed by atoms with Crippen LogP contribution in [0.5, 0.6) is 0 Å². The van der Waals surface area contributed by atoms with Gasteiger partial charge in [-0.2, -0.15) is 0 Å². The zero-order valence-electron chi connectivity index (χ0n) is 11.0. The normalized spacial score (nSPS) is 12.6. The number of rotatable bonds is 9. The van der Waals surface area contributed by atoms with Crippen molar-refractivity contribution in [2.45, 2.75) is 18.9 Å². The van der Waals surface area contributed by atoms with Gasteiger partial charge in [0.25, 0.3) is 0 Å². The number of hydrazine groups is 1. The minimum atomic E-state index is -0.455. The number of hydrogen-bond donors (Lipinski definition) is 2. The van der Waals surface area contributed by atoms with Crippen molar-refractivity contribution in [1.82, 2.24) is 5.43 Å². The van der Waals surface area contributed by atoms with Crippen molar-refractivity contribution in [2.75, 3.05) is 26.9 Å². The van der Waals surface area contributed by atoms with E-state index in [1.807, 2.05) is 0 Å². The van der Waals surface area contributed by atoms with Crippen LogP contribution in [0.4, 0.5) is 8.78 Å². The maximum Gasteiger partial charge on any atom is 0.126 e. The molecule has 0 radical (unpaired) electrons. The average Bonchev–Trinajstić information content (AvgIpc) is 2.41. The lowest BCUT2D eigenvalue weighted by atomic mass is 10.0. The third-order valence-electron chi connectivity index (χ3n) is 2.75. The Labute approximate surface area is 111 Å². The second-order valence-electron chi connectivity index (χ2n) is 4.20. The van der Waals surface area contributed by atoms with E-state index in [1.54, 1.807) is 7.11 Å². The molecule has 0 aliphatic heterocycles. The van der Waals surface area contributed by atoms with Gasteiger partial charge >= 0.3 is 0 Å². The minimum Gasteiger partial charge on any atom is -0.382 e. The summed E-state index contributed by atoms with van der Waals surface area (Å²) in [6, 6.07) is 3.23. The highest BCUT2D eigenvalue weighted by atomic mass is 19.1. The molecule has 0 amide bonds. The first-order valence-electron chi connectivity index (χ1n) is 6.14. The molecule has 19 heavy (non-hydrogen) atoms. The van der Waals surface area contributed by atoms with Gasteiger partial charge in [-0.15, -0.1) is 0 Å². The van der Waals surface area contributed by atoms with Crippen LogP contribution in [-0.2, 0) is 15.9 Å². The predicted octanol–water partition coefficient (Wildman–Crippen LogP) is 1.39. The lowest BCUT2D eigenvalue weighted by molar-refractivity contribution is 0.0658. The maximum atomic E-state index is 13.5. The minimum absolute atomic E-state index is 0.168. The summed E-state index contributed by atoms with van der Waals surface area (Å²) in [6.45, 7) is 1.51. The molecule has 1 aromatic rings. The topological polar surface area (TPSA) is 56.5 Å². The molecule has 0 spiro atoms. The van der Waals surface area contributed by atoms with Gasteiger partial charge in [0, 0.05) is 19.8 Å². The Bertz CT molecular complexity index is 378. The SMILES string of the molecule is COCCOCCC(Cc1cc(F)ccc1F)NN. The Morgan fingerprint density at radius 3 is 2.74 bits per heavy atom. The number of benzene rings is 1. The monoisotopic (exact) mass is 274 g/mol. The summed E-state index contributed by atoms with van der Waals surface area (Å²) >= 11 is 0. The lowest BCUT2D eigenvalue weighted by Crippen LogP contribution is -2.38. The number of nitrogens with two attached hydrogens (primary N) is 1. The molecule has 4 nitrogen and oxygen atoms in total. The van der Waals surface area contributed by atoms with Crippen molar-refractivity contribution >= 4 is 0 Å². The first-order chi connectivity index (χ1) is 9.17. The van der Waals surface area contributed by atoms with Crippen LogP contribution in [0.15, 0.2) is 18.2 Å². The highest BCUT2D eigenvalue weighted by Gasteiger charge is 2.12. The van der Waals surface area contributed by atoms with E-state index in [2.05, 4.69) is 5.43 Å². The summed E-state index contributed by atoms with van der Waals surface area (Å²) in [5.41, 5.74) is 2.89. The smallest absolute Gasteiger partial charge is 0.126 e. The highest BCUT2D eigenvalue weighted by Crippen LogP contribution is 2.13. The van der Waals surface area contributed by atoms with Gasteiger partial charge in [-0.05, 0) is 36.6 Å². The fraction of sp³-hybridized carbons (Fsp3) is 0.538. The number of methoxy groups -OCH3 is 1. The van der Waals surface area contributed by atoms with Crippen LogP contribution in [0.25, 0.3) is 0 Å². The Kier molecular flexibility index (Phi) is 7.50. The van der Waals surface area contributed by atoms with Gasteiger partial charge < -0.3 is 9.47 Å². The van der Waals surface area contributed by atoms with Crippen LogP contribution < -0.4 is 11.3 Å². The second-order valence-corrected chi connectivity index (χ2v) is 4.20. The molecule has 0 bridgehead atoms. The van der Waals surface area contributed by atoms with Gasteiger partial charge in [-0.25, -0.2) is 8.78 Å². The van der Waals surface area contributed by atoms with Crippen molar-refractivity contribution in [3.05, 3.63) is 35.4 Å². The quantitative estimate of drug-likeness (QED) is 0.406. The summed E-state index contributed by atoms with van der Waals surface area (Å²) in [4.78, 5) is 0. The molecule has 0 aromatic heterocycles. The van der Waals surface area contributed by atoms with Crippen LogP contribution >= 0.6 is 0 Å². The Morgan fingerprint density at radius 1 is 1.26 bits per heavy atom. The van der Waals surface area contributed by atoms with Crippen molar-refractivity contribution < 1.29 is 18.3 Å². The molecule has 0 heterocycles. The van der Waals surface area contributed by atoms with Gasteiger partial charge in [0.1, 0.15) is 11.6 Å². The van der Waals surface area contributed by atoms with Gasteiger partial charge in [0.15, 0.2) is 0 Å². The zero-order valence-corrected chi connectivity index (χ0v) is 11.0. The van der Waals surface area contributed by atoms with E-state index in [-0.39, 0.29) is 6.04 Å². The predicted molar refractivity (Wildman–Crippen MR) is 68.5 cm³/mol. The third kappa shape index (κ3) is 6.07. The number of hydrogen-bond acceptors (Lipinski definition) is 4. The van der Waals surface area contributed by atoms with E-state index in [9.17, 15) is 8.78 Å². The number of nitrogens with one attached hydrogen (secondary N) is 1. The van der Waals surface area contributed by atoms with E-state index >= 15 is 0 Å². The van der Waals surface area contributed by atoms with Crippen LogP contribution in [0.2, 0.25) is 0 Å². The van der Waals surface area contributed by atoms with Crippen LogP contribution in [0, 0.1) is 11.6 Å². The number of ether oxygens (including phenoxy) is 2. The van der Waals surface area contributed by atoms with E-state index < -0.39 is 11.6 Å². The van der Waals surface area contributed by atoms with Crippen molar-refractivity contribution in [2.24, 2.45) is 5.84 Å². The molecule has 0 saturated heterocycles. The van der Waals surface area contributed by atoms with Crippen LogP contribution in [0.1, 0.15) is 12.0 Å². The molecule has 6 heteroatoms. The summed E-state index contributed by atoms with van der Waals surface area (Å²) in [7, 11) is 1.60. The van der Waals surface area contributed by atoms with Crippen LogP contribution in [-0.4, -0.2) is 33.0 Å². The fourth-order valence-corrected chi connectivity index (χ4v) is 1.68. The summed E-state index contributed by atoms with van der Waals surface area (Å²) < 4.78 is 36.7. The second kappa shape index (κ2) is 8.92. The molecule has 1 rings (SSSR count). The summed E-state index contributed by atoms with van der Waals surface area (Å²) in [5, 5.41) is 0. The average molecular weight is 274 g/mol. The summed E-state index contributed by atoms with van der Waals surface area (Å²) in [5.74, 6) is 4.52. The molecule has 3 N–H and O–H groups in total. The third-order valence-corrected chi connectivity index (χ3v) is 2.75. The van der Waals surface area contributed by atoms with Gasteiger partial charge in [-0.1, -0.05) is 0 Å². The standard InChI is InChI=1S/C13H20F2N2O2/c1-18-6-7-19-5-4-12(17-16)9-10-8-11(14)2-3-13(10)15/h2-3,8,12,17H,4-7,9,16H2,1H3. The maximum absolute atomic E-state index is 13.5. The molecule has 0 fully saturated rings. The summed E-state index contributed by atoms with van der Waals surface area (Å²) in [6.07, 6.45) is 0.921. The zero-order chi connectivity index (χ0) is 14.1.